The predicted molar refractivity (Wildman–Crippen MR) is 125 cm³/mol. The number of benzene rings is 3. The third kappa shape index (κ3) is 4.17. The third-order valence-corrected chi connectivity index (χ3v) is 6.27. The Bertz CT molecular complexity index is 1190. The molecular formula is C24H19ClN2O3S. The number of nitrogens with zero attached hydrogens (tertiary/aromatic N) is 1. The maximum atomic E-state index is 13.4. The van der Waals surface area contributed by atoms with Crippen LogP contribution in [0.3, 0.4) is 0 Å². The lowest BCUT2D eigenvalue weighted by molar-refractivity contribution is -0.120. The molecule has 0 saturated heterocycles. The number of hydrogen-bond donors (Lipinski definition) is 1. The fraction of sp³-hybridized carbons (Fsp3) is 0.0833. The zero-order valence-electron chi connectivity index (χ0n) is 16.9. The van der Waals surface area contributed by atoms with Crippen LogP contribution in [0.4, 0.5) is 11.4 Å². The van der Waals surface area contributed by atoms with Crippen LogP contribution in [0.15, 0.2) is 88.3 Å². The molecule has 1 N–H and O–H groups in total. The molecule has 0 fully saturated rings. The van der Waals surface area contributed by atoms with Crippen LogP contribution in [-0.2, 0) is 9.59 Å². The molecule has 156 valence electrons. The van der Waals surface area contributed by atoms with Gasteiger partial charge >= 0.3 is 0 Å². The Morgan fingerprint density at radius 2 is 1.65 bits per heavy atom. The van der Waals surface area contributed by atoms with Gasteiger partial charge < -0.3 is 10.1 Å². The van der Waals surface area contributed by atoms with Gasteiger partial charge in [-0.1, -0.05) is 59.8 Å². The van der Waals surface area contributed by atoms with Crippen molar-refractivity contribution in [1.82, 2.24) is 0 Å². The van der Waals surface area contributed by atoms with E-state index in [-0.39, 0.29) is 5.70 Å². The highest BCUT2D eigenvalue weighted by atomic mass is 35.5. The highest BCUT2D eigenvalue weighted by Crippen LogP contribution is 2.40. The van der Waals surface area contributed by atoms with Gasteiger partial charge in [0.1, 0.15) is 16.4 Å². The van der Waals surface area contributed by atoms with Crippen molar-refractivity contribution in [2.24, 2.45) is 0 Å². The monoisotopic (exact) mass is 450 g/mol. The summed E-state index contributed by atoms with van der Waals surface area (Å²) >= 11 is 7.50. The topological polar surface area (TPSA) is 58.6 Å². The Morgan fingerprint density at radius 3 is 2.35 bits per heavy atom. The predicted octanol–water partition coefficient (Wildman–Crippen LogP) is 5.65. The Kier molecular flexibility index (Phi) is 6.02. The van der Waals surface area contributed by atoms with Crippen LogP contribution < -0.4 is 15.0 Å². The molecule has 1 aliphatic rings. The first-order chi connectivity index (χ1) is 15.0. The van der Waals surface area contributed by atoms with E-state index in [1.807, 2.05) is 49.4 Å². The highest BCUT2D eigenvalue weighted by molar-refractivity contribution is 8.04. The number of rotatable bonds is 6. The molecule has 0 unspecified atom stereocenters. The molecule has 0 spiro atoms. The van der Waals surface area contributed by atoms with Crippen LogP contribution >= 0.6 is 23.4 Å². The summed E-state index contributed by atoms with van der Waals surface area (Å²) in [5.74, 6) is -0.429. The number of anilines is 2. The summed E-state index contributed by atoms with van der Waals surface area (Å²) in [6.45, 7) is 1.90. The van der Waals surface area contributed by atoms with Gasteiger partial charge in [0.25, 0.3) is 11.8 Å². The number of carbonyl (C=O) groups excluding carboxylic acids is 2. The molecule has 0 aromatic heterocycles. The van der Waals surface area contributed by atoms with Crippen LogP contribution in [0, 0.1) is 6.92 Å². The lowest BCUT2D eigenvalue weighted by atomic mass is 10.2. The lowest BCUT2D eigenvalue weighted by Crippen LogP contribution is -2.32. The summed E-state index contributed by atoms with van der Waals surface area (Å²) in [5.41, 5.74) is 2.14. The summed E-state index contributed by atoms with van der Waals surface area (Å²) in [4.78, 5) is 29.1. The largest absolute Gasteiger partial charge is 0.495 e. The molecule has 0 radical (unpaired) electrons. The number of amides is 2. The SMILES string of the molecule is COc1ccccc1N1C(=O)C(Nc2ccc(C)c(Cl)c2)=C(Sc2ccccc2)C1=O. The Hall–Kier alpha value is -3.22. The molecule has 7 heteroatoms. The maximum Gasteiger partial charge on any atom is 0.283 e. The average Bonchev–Trinajstić information content (AvgIpc) is 3.01. The number of imide groups is 1. The van der Waals surface area contributed by atoms with Gasteiger partial charge in [0.2, 0.25) is 0 Å². The Balaban J connectivity index is 1.77. The van der Waals surface area contributed by atoms with Crippen molar-refractivity contribution in [3.8, 4) is 5.75 Å². The van der Waals surface area contributed by atoms with Crippen LogP contribution in [0.25, 0.3) is 0 Å². The molecule has 1 heterocycles. The fourth-order valence-electron chi connectivity index (χ4n) is 3.17. The second kappa shape index (κ2) is 8.88. The first-order valence-corrected chi connectivity index (χ1v) is 10.7. The molecule has 5 nitrogen and oxygen atoms in total. The van der Waals surface area contributed by atoms with E-state index >= 15 is 0 Å². The minimum atomic E-state index is -0.454. The van der Waals surface area contributed by atoms with E-state index in [4.69, 9.17) is 16.3 Å². The number of halogens is 1. The summed E-state index contributed by atoms with van der Waals surface area (Å²) in [7, 11) is 1.50. The molecular weight excluding hydrogens is 432 g/mol. The van der Waals surface area contributed by atoms with Crippen molar-refractivity contribution in [3.63, 3.8) is 0 Å². The van der Waals surface area contributed by atoms with Gasteiger partial charge in [-0.15, -0.1) is 0 Å². The zero-order chi connectivity index (χ0) is 22.0. The van der Waals surface area contributed by atoms with Gasteiger partial charge in [-0.05, 0) is 48.9 Å². The summed E-state index contributed by atoms with van der Waals surface area (Å²) < 4.78 is 5.38. The van der Waals surface area contributed by atoms with Gasteiger partial charge in [0.05, 0.1) is 12.8 Å². The van der Waals surface area contributed by atoms with Gasteiger partial charge in [0.15, 0.2) is 0 Å². The van der Waals surface area contributed by atoms with E-state index in [1.54, 1.807) is 30.3 Å². The second-order valence-corrected chi connectivity index (χ2v) is 8.32. The second-order valence-electron chi connectivity index (χ2n) is 6.83. The average molecular weight is 451 g/mol. The minimum absolute atomic E-state index is 0.199. The van der Waals surface area contributed by atoms with Crippen LogP contribution in [0.5, 0.6) is 5.75 Å². The van der Waals surface area contributed by atoms with Gasteiger partial charge in [-0.3, -0.25) is 9.59 Å². The minimum Gasteiger partial charge on any atom is -0.495 e. The molecule has 3 aromatic rings. The van der Waals surface area contributed by atoms with Gasteiger partial charge in [0, 0.05) is 15.6 Å². The first kappa shape index (κ1) is 21.0. The van der Waals surface area contributed by atoms with Crippen molar-refractivity contribution in [2.45, 2.75) is 11.8 Å². The van der Waals surface area contributed by atoms with Crippen LogP contribution in [0.1, 0.15) is 5.56 Å². The van der Waals surface area contributed by atoms with Crippen molar-refractivity contribution in [2.75, 3.05) is 17.3 Å². The molecule has 31 heavy (non-hydrogen) atoms. The van der Waals surface area contributed by atoms with Crippen LogP contribution in [-0.4, -0.2) is 18.9 Å². The van der Waals surface area contributed by atoms with Crippen molar-refractivity contribution in [1.29, 1.82) is 0 Å². The molecule has 1 aliphatic heterocycles. The first-order valence-electron chi connectivity index (χ1n) is 9.51. The molecule has 2 amide bonds. The molecule has 3 aromatic carbocycles. The summed E-state index contributed by atoms with van der Waals surface area (Å²) in [6, 6.07) is 21.8. The molecule has 0 atom stereocenters. The summed E-state index contributed by atoms with van der Waals surface area (Å²) in [6.07, 6.45) is 0. The number of ether oxygens (including phenoxy) is 1. The summed E-state index contributed by atoms with van der Waals surface area (Å²) in [5, 5.41) is 3.69. The van der Waals surface area contributed by atoms with E-state index in [0.717, 1.165) is 15.4 Å². The molecule has 0 saturated carbocycles. The Labute approximate surface area is 189 Å². The number of hydrogen-bond acceptors (Lipinski definition) is 5. The number of methoxy groups -OCH3 is 1. The fourth-order valence-corrected chi connectivity index (χ4v) is 4.30. The van der Waals surface area contributed by atoms with E-state index in [9.17, 15) is 9.59 Å². The quantitative estimate of drug-likeness (QED) is 0.492. The van der Waals surface area contributed by atoms with Crippen molar-refractivity contribution >= 4 is 46.6 Å². The number of para-hydroxylation sites is 2. The third-order valence-electron chi connectivity index (χ3n) is 4.77. The molecule has 0 bridgehead atoms. The van der Waals surface area contributed by atoms with E-state index in [1.165, 1.54) is 18.9 Å². The normalized spacial score (nSPS) is 13.7. The smallest absolute Gasteiger partial charge is 0.283 e. The lowest BCUT2D eigenvalue weighted by Gasteiger charge is -2.18. The van der Waals surface area contributed by atoms with Gasteiger partial charge in [-0.25, -0.2) is 4.90 Å². The number of aryl methyl sites for hydroxylation is 1. The zero-order valence-corrected chi connectivity index (χ0v) is 18.5. The van der Waals surface area contributed by atoms with E-state index < -0.39 is 11.8 Å². The number of carbonyl (C=O) groups is 2. The standard InChI is InChI=1S/C24H19ClN2O3S/c1-15-12-13-16(14-18(15)25)26-21-22(31-17-8-4-3-5-9-17)24(29)27(23(21)28)19-10-6-7-11-20(19)30-2/h3-14,26H,1-2H3. The van der Waals surface area contributed by atoms with Crippen molar-refractivity contribution < 1.29 is 14.3 Å². The Morgan fingerprint density at radius 1 is 0.935 bits per heavy atom. The molecule has 0 aliphatic carbocycles. The van der Waals surface area contributed by atoms with Gasteiger partial charge in [-0.2, -0.15) is 0 Å². The van der Waals surface area contributed by atoms with Crippen LogP contribution in [0.2, 0.25) is 5.02 Å². The van der Waals surface area contributed by atoms with E-state index in [2.05, 4.69) is 5.32 Å². The maximum absolute atomic E-state index is 13.4. The molecule has 4 rings (SSSR count). The number of nitrogens with one attached hydrogen (secondary N) is 1. The van der Waals surface area contributed by atoms with E-state index in [0.29, 0.717) is 27.1 Å². The highest BCUT2D eigenvalue weighted by Gasteiger charge is 2.41. The van der Waals surface area contributed by atoms with Crippen molar-refractivity contribution in [3.05, 3.63) is 94.0 Å². The number of thioether (sulfide) groups is 1.